The number of terminal acetylenes is 1. The van der Waals surface area contributed by atoms with Crippen LogP contribution in [0.3, 0.4) is 0 Å². The van der Waals surface area contributed by atoms with Crippen LogP contribution in [0, 0.1) is 71.7 Å². The van der Waals surface area contributed by atoms with Crippen molar-refractivity contribution in [1.82, 2.24) is 4.57 Å². The zero-order valence-electron chi connectivity index (χ0n) is 23.9. The van der Waals surface area contributed by atoms with Gasteiger partial charge in [-0.25, -0.2) is 0 Å². The molecule has 0 radical (unpaired) electrons. The molecule has 2 heterocycles. The van der Waals surface area contributed by atoms with Gasteiger partial charge in [0.1, 0.15) is 12.8 Å². The van der Waals surface area contributed by atoms with E-state index in [0.29, 0.717) is 5.35 Å². The van der Waals surface area contributed by atoms with Gasteiger partial charge in [0.25, 0.3) is 0 Å². The summed E-state index contributed by atoms with van der Waals surface area (Å²) in [6.45, 7) is 0. The summed E-state index contributed by atoms with van der Waals surface area (Å²) in [5.41, 5.74) is 4.33. The van der Waals surface area contributed by atoms with Crippen LogP contribution < -0.4 is 5.35 Å². The highest BCUT2D eigenvalue weighted by Crippen LogP contribution is 2.37. The molecule has 1 aliphatic heterocycles. The fraction of sp³-hybridized carbons (Fsp3) is 0.0244. The molecule has 4 heteroatoms. The minimum absolute atomic E-state index is 0.0457. The van der Waals surface area contributed by atoms with Crippen LogP contribution in [0.2, 0.25) is 0 Å². The molecule has 1 aromatic heterocycles. The molecule has 204 valence electrons. The van der Waals surface area contributed by atoms with E-state index < -0.39 is 0 Å². The lowest BCUT2D eigenvalue weighted by molar-refractivity contribution is -0.399. The maximum atomic E-state index is 13.6. The first-order valence-electron chi connectivity index (χ1n) is 13.9. The molecule has 4 aromatic carbocycles. The standard InChI is InChI=1S/C41H18N2O2/c1-3-4-5-6-7-8-9-10-11-12-25-43-35-24-16-20-29-18-14-22-31(39(29)35)37(43)27-33-40(44)32(41(33)45)26-36-30-21-13-17-28-19-15-23-34(38(28)30)42(36)2/h1,13-24,26-27H,2H3/p+1. The van der Waals surface area contributed by atoms with Gasteiger partial charge in [0, 0.05) is 58.6 Å². The van der Waals surface area contributed by atoms with E-state index in [2.05, 4.69) is 88.0 Å². The summed E-state index contributed by atoms with van der Waals surface area (Å²) >= 11 is 0. The average Bonchev–Trinajstić information content (AvgIpc) is 3.52. The van der Waals surface area contributed by atoms with Crippen molar-refractivity contribution >= 4 is 55.7 Å². The van der Waals surface area contributed by atoms with Crippen LogP contribution in [-0.2, 0) is 4.79 Å². The van der Waals surface area contributed by atoms with Gasteiger partial charge in [-0.2, -0.15) is 4.58 Å². The predicted molar refractivity (Wildman–Crippen MR) is 179 cm³/mol. The second-order valence-electron chi connectivity index (χ2n) is 10.2. The van der Waals surface area contributed by atoms with Crippen LogP contribution in [0.1, 0.15) is 5.56 Å². The number of carbonyl (C=O) groups excluding carboxylic acids is 1. The molecular formula is C41H19N2O2+. The molecule has 0 unspecified atom stereocenters. The lowest BCUT2D eigenvalue weighted by Gasteiger charge is -2.18. The molecule has 0 saturated heterocycles. The Hall–Kier alpha value is -7.08. The summed E-state index contributed by atoms with van der Waals surface area (Å²) < 4.78 is 3.85. The van der Waals surface area contributed by atoms with Gasteiger partial charge < -0.3 is 5.11 Å². The Labute approximate surface area is 259 Å². The maximum absolute atomic E-state index is 13.6. The second kappa shape index (κ2) is 11.0. The molecule has 7 rings (SSSR count). The average molecular weight is 572 g/mol. The Morgan fingerprint density at radius 2 is 1.38 bits per heavy atom. The highest BCUT2D eigenvalue weighted by atomic mass is 16.3. The van der Waals surface area contributed by atoms with Crippen LogP contribution in [0.5, 0.6) is 0 Å². The van der Waals surface area contributed by atoms with Crippen molar-refractivity contribution < 1.29 is 14.5 Å². The van der Waals surface area contributed by atoms with Crippen molar-refractivity contribution in [3.63, 3.8) is 0 Å². The third-order valence-electron chi connectivity index (χ3n) is 7.82. The number of benzene rings is 4. The van der Waals surface area contributed by atoms with Gasteiger partial charge in [-0.3, -0.25) is 9.36 Å². The Balaban J connectivity index is 1.32. The Morgan fingerprint density at radius 1 is 0.756 bits per heavy atom. The summed E-state index contributed by atoms with van der Waals surface area (Å²) in [5, 5.41) is 17.1. The van der Waals surface area contributed by atoms with Gasteiger partial charge in [-0.15, -0.1) is 6.42 Å². The molecule has 2 aliphatic rings. The van der Waals surface area contributed by atoms with Crippen molar-refractivity contribution in [1.29, 1.82) is 0 Å². The van der Waals surface area contributed by atoms with Gasteiger partial charge in [0.2, 0.25) is 17.2 Å². The largest absolute Gasteiger partial charge is 0.506 e. The molecule has 1 N–H and O–H groups in total. The van der Waals surface area contributed by atoms with Crippen molar-refractivity contribution in [3.05, 3.63) is 107 Å². The molecule has 4 nitrogen and oxygen atoms in total. The van der Waals surface area contributed by atoms with Gasteiger partial charge in [0.15, 0.2) is 0 Å². The van der Waals surface area contributed by atoms with Crippen LogP contribution in [-0.4, -0.2) is 32.8 Å². The number of hydrogen-bond acceptors (Lipinski definition) is 2. The first kappa shape index (κ1) is 26.8. The third-order valence-corrected chi connectivity index (χ3v) is 7.82. The summed E-state index contributed by atoms with van der Waals surface area (Å²) in [5.74, 6) is 25.2. The van der Waals surface area contributed by atoms with Gasteiger partial charge in [-0.05, 0) is 58.6 Å². The quantitative estimate of drug-likeness (QED) is 0.184. The number of hydrogen-bond donors (Lipinski definition) is 1. The molecule has 0 bridgehead atoms. The van der Waals surface area contributed by atoms with Gasteiger partial charge >= 0.3 is 0 Å². The number of ketones is 1. The minimum Gasteiger partial charge on any atom is -0.506 e. The van der Waals surface area contributed by atoms with E-state index in [1.165, 1.54) is 0 Å². The maximum Gasteiger partial charge on any atom is 0.214 e. The van der Waals surface area contributed by atoms with E-state index in [4.69, 9.17) is 6.42 Å². The summed E-state index contributed by atoms with van der Waals surface area (Å²) in [6, 6.07) is 27.3. The number of aromatic nitrogens is 1. The van der Waals surface area contributed by atoms with E-state index in [-0.39, 0.29) is 22.7 Å². The zero-order valence-corrected chi connectivity index (χ0v) is 23.9. The molecule has 0 amide bonds. The molecule has 1 aliphatic carbocycles. The van der Waals surface area contributed by atoms with Gasteiger partial charge in [0.05, 0.1) is 33.0 Å². The predicted octanol–water partition coefficient (Wildman–Crippen LogP) is 5.00. The van der Waals surface area contributed by atoms with E-state index in [1.54, 1.807) is 16.7 Å². The Morgan fingerprint density at radius 3 is 2.09 bits per heavy atom. The molecule has 45 heavy (non-hydrogen) atoms. The van der Waals surface area contributed by atoms with Crippen molar-refractivity contribution in [2.45, 2.75) is 0 Å². The SMILES string of the molecule is C#CC#CC#CC#CC#CC#Cn1/c(=C/C2=C(O)C(=C\C3=[N+](C)c4cccc5cccc3c45)/C2=O)c2cccc3cccc1c32. The Bertz CT molecular complexity index is 2710. The van der Waals surface area contributed by atoms with E-state index >= 15 is 0 Å². The third kappa shape index (κ3) is 4.42. The second-order valence-corrected chi connectivity index (χ2v) is 10.2. The van der Waals surface area contributed by atoms with E-state index in [0.717, 1.165) is 49.4 Å². The van der Waals surface area contributed by atoms with Crippen LogP contribution in [0.15, 0.2) is 95.8 Å². The number of aliphatic hydroxyl groups is 1. The zero-order chi connectivity index (χ0) is 30.9. The fourth-order valence-corrected chi connectivity index (χ4v) is 5.86. The van der Waals surface area contributed by atoms with Crippen LogP contribution in [0.4, 0.5) is 5.69 Å². The monoisotopic (exact) mass is 571 g/mol. The fourth-order valence-electron chi connectivity index (χ4n) is 5.86. The first-order valence-corrected chi connectivity index (χ1v) is 13.9. The van der Waals surface area contributed by atoms with Crippen molar-refractivity contribution in [3.8, 4) is 71.7 Å². The molecular weight excluding hydrogens is 552 g/mol. The lowest BCUT2D eigenvalue weighted by atomic mass is 9.86. The number of carbonyl (C=O) groups is 1. The highest BCUT2D eigenvalue weighted by Gasteiger charge is 2.36. The van der Waals surface area contributed by atoms with Gasteiger partial charge in [-0.1, -0.05) is 54.6 Å². The lowest BCUT2D eigenvalue weighted by Crippen LogP contribution is -2.25. The molecule has 0 atom stereocenters. The van der Waals surface area contributed by atoms with E-state index in [1.807, 2.05) is 61.6 Å². The first-order chi connectivity index (χ1) is 22.1. The number of nitrogens with zero attached hydrogens (tertiary/aromatic N) is 2. The number of rotatable bonds is 2. The number of aliphatic hydroxyl groups excluding tert-OH is 1. The molecule has 0 saturated carbocycles. The van der Waals surface area contributed by atoms with Crippen molar-refractivity contribution in [2.24, 2.45) is 0 Å². The summed E-state index contributed by atoms with van der Waals surface area (Å²) in [6.07, 6.45) is 8.53. The molecule has 0 spiro atoms. The number of allylic oxidation sites excluding steroid dienone is 3. The summed E-state index contributed by atoms with van der Waals surface area (Å²) in [7, 11) is 1.97. The van der Waals surface area contributed by atoms with Crippen molar-refractivity contribution in [2.75, 3.05) is 7.05 Å². The Kier molecular flexibility index (Phi) is 6.53. The minimum atomic E-state index is -0.233. The normalized spacial score (nSPS) is 14.0. The molecule has 5 aromatic rings. The van der Waals surface area contributed by atoms with Crippen LogP contribution in [0.25, 0.3) is 38.5 Å². The van der Waals surface area contributed by atoms with E-state index in [9.17, 15) is 9.90 Å². The molecule has 0 fully saturated rings. The van der Waals surface area contributed by atoms with Crippen LogP contribution >= 0.6 is 0 Å². The number of Topliss-reactive ketones (excluding diaryl/α,β-unsaturated/α-hetero) is 1. The summed E-state index contributed by atoms with van der Waals surface area (Å²) in [4.78, 5) is 13.6. The smallest absolute Gasteiger partial charge is 0.214 e. The topological polar surface area (TPSA) is 45.2 Å². The highest BCUT2D eigenvalue weighted by molar-refractivity contribution is 6.29.